The average Bonchev–Trinajstić information content (AvgIpc) is 2.95. The molecule has 1 amide bonds. The maximum atomic E-state index is 12.6. The number of carbonyl (C=O) groups is 1. The molecule has 2 aromatic rings. The van der Waals surface area contributed by atoms with Gasteiger partial charge >= 0.3 is 0 Å². The predicted molar refractivity (Wildman–Crippen MR) is 82.9 cm³/mol. The standard InChI is InChI=1S/C17H19N3O2/c1-12-7-13(2)9-14(8-12)17(21)20-6-3-15(11-20)22-16-10-18-4-5-19-16/h4-5,7-10,15H,3,6,11H2,1-2H3. The predicted octanol–water partition coefficient (Wildman–Crippen LogP) is 2.39. The van der Waals surface area contributed by atoms with E-state index in [0.29, 0.717) is 19.0 Å². The van der Waals surface area contributed by atoms with E-state index in [2.05, 4.69) is 16.0 Å². The van der Waals surface area contributed by atoms with Gasteiger partial charge < -0.3 is 9.64 Å². The molecule has 5 nitrogen and oxygen atoms in total. The van der Waals surface area contributed by atoms with E-state index in [1.165, 1.54) is 0 Å². The van der Waals surface area contributed by atoms with Gasteiger partial charge in [-0.2, -0.15) is 0 Å². The Kier molecular flexibility index (Phi) is 4.04. The highest BCUT2D eigenvalue weighted by Crippen LogP contribution is 2.19. The van der Waals surface area contributed by atoms with Gasteiger partial charge in [0.15, 0.2) is 0 Å². The molecule has 1 aromatic heterocycles. The molecule has 1 unspecified atom stereocenters. The van der Waals surface area contributed by atoms with Crippen molar-refractivity contribution in [3.05, 3.63) is 53.5 Å². The summed E-state index contributed by atoms with van der Waals surface area (Å²) in [6, 6.07) is 5.94. The Bertz CT molecular complexity index is 653. The summed E-state index contributed by atoms with van der Waals surface area (Å²) in [6.45, 7) is 5.31. The maximum absolute atomic E-state index is 12.6. The molecule has 1 aromatic carbocycles. The van der Waals surface area contributed by atoms with E-state index >= 15 is 0 Å². The van der Waals surface area contributed by atoms with Crippen LogP contribution in [0.25, 0.3) is 0 Å². The minimum absolute atomic E-state index is 0.0217. The molecule has 0 aliphatic carbocycles. The summed E-state index contributed by atoms with van der Waals surface area (Å²) in [5.74, 6) is 0.574. The van der Waals surface area contributed by atoms with Gasteiger partial charge in [-0.05, 0) is 26.0 Å². The van der Waals surface area contributed by atoms with Crippen LogP contribution in [0.3, 0.4) is 0 Å². The second kappa shape index (κ2) is 6.13. The minimum Gasteiger partial charge on any atom is -0.471 e. The first-order valence-corrected chi connectivity index (χ1v) is 7.42. The quantitative estimate of drug-likeness (QED) is 0.873. The van der Waals surface area contributed by atoms with E-state index in [-0.39, 0.29) is 12.0 Å². The minimum atomic E-state index is -0.0217. The number of nitrogens with zero attached hydrogens (tertiary/aromatic N) is 3. The third-order valence-electron chi connectivity index (χ3n) is 3.73. The summed E-state index contributed by atoms with van der Waals surface area (Å²) < 4.78 is 5.77. The van der Waals surface area contributed by atoms with Gasteiger partial charge in [0, 0.05) is 30.9 Å². The first-order valence-electron chi connectivity index (χ1n) is 7.42. The van der Waals surface area contributed by atoms with Gasteiger partial charge in [0.2, 0.25) is 5.88 Å². The highest BCUT2D eigenvalue weighted by molar-refractivity contribution is 5.94. The number of hydrogen-bond donors (Lipinski definition) is 0. The average molecular weight is 297 g/mol. The third kappa shape index (κ3) is 3.24. The first kappa shape index (κ1) is 14.5. The molecule has 114 valence electrons. The number of hydrogen-bond acceptors (Lipinski definition) is 4. The normalized spacial score (nSPS) is 17.5. The van der Waals surface area contributed by atoms with Gasteiger partial charge in [-0.15, -0.1) is 0 Å². The van der Waals surface area contributed by atoms with Crippen molar-refractivity contribution in [2.45, 2.75) is 26.4 Å². The largest absolute Gasteiger partial charge is 0.471 e. The number of amides is 1. The summed E-state index contributed by atoms with van der Waals surface area (Å²) in [5.41, 5.74) is 2.96. The Hall–Kier alpha value is -2.43. The zero-order chi connectivity index (χ0) is 15.5. The first-order chi connectivity index (χ1) is 10.6. The number of carbonyl (C=O) groups excluding carboxylic acids is 1. The number of ether oxygens (including phenoxy) is 1. The summed E-state index contributed by atoms with van der Waals surface area (Å²) in [6.07, 6.45) is 5.59. The summed E-state index contributed by atoms with van der Waals surface area (Å²) in [7, 11) is 0. The number of aromatic nitrogens is 2. The summed E-state index contributed by atoms with van der Waals surface area (Å²) >= 11 is 0. The maximum Gasteiger partial charge on any atom is 0.254 e. The van der Waals surface area contributed by atoms with Crippen molar-refractivity contribution in [1.29, 1.82) is 0 Å². The van der Waals surface area contributed by atoms with Gasteiger partial charge in [0.1, 0.15) is 6.10 Å². The molecule has 1 aliphatic heterocycles. The fraction of sp³-hybridized carbons (Fsp3) is 0.353. The lowest BCUT2D eigenvalue weighted by atomic mass is 10.1. The topological polar surface area (TPSA) is 55.3 Å². The molecule has 2 heterocycles. The van der Waals surface area contributed by atoms with Crippen LogP contribution in [0.1, 0.15) is 27.9 Å². The van der Waals surface area contributed by atoms with Crippen molar-refractivity contribution >= 4 is 5.91 Å². The van der Waals surface area contributed by atoms with E-state index in [1.54, 1.807) is 18.6 Å². The number of rotatable bonds is 3. The van der Waals surface area contributed by atoms with Gasteiger partial charge in [-0.1, -0.05) is 17.2 Å². The van der Waals surface area contributed by atoms with Crippen LogP contribution in [0, 0.1) is 13.8 Å². The molecule has 1 aliphatic rings. The van der Waals surface area contributed by atoms with Crippen LogP contribution >= 0.6 is 0 Å². The van der Waals surface area contributed by atoms with Gasteiger partial charge in [0.05, 0.1) is 12.7 Å². The monoisotopic (exact) mass is 297 g/mol. The van der Waals surface area contributed by atoms with Crippen LogP contribution < -0.4 is 4.74 Å². The Morgan fingerprint density at radius 2 is 2.00 bits per heavy atom. The smallest absolute Gasteiger partial charge is 0.254 e. The van der Waals surface area contributed by atoms with E-state index in [1.807, 2.05) is 30.9 Å². The van der Waals surface area contributed by atoms with Crippen molar-refractivity contribution in [3.8, 4) is 5.88 Å². The lowest BCUT2D eigenvalue weighted by Crippen LogP contribution is -2.31. The second-order valence-corrected chi connectivity index (χ2v) is 5.70. The van der Waals surface area contributed by atoms with Gasteiger partial charge in [-0.3, -0.25) is 9.78 Å². The van der Waals surface area contributed by atoms with Crippen LogP contribution in [0.2, 0.25) is 0 Å². The highest BCUT2D eigenvalue weighted by Gasteiger charge is 2.28. The molecule has 0 saturated carbocycles. The fourth-order valence-corrected chi connectivity index (χ4v) is 2.81. The molecule has 1 atom stereocenters. The van der Waals surface area contributed by atoms with Crippen molar-refractivity contribution in [1.82, 2.24) is 14.9 Å². The van der Waals surface area contributed by atoms with Crippen molar-refractivity contribution in [2.75, 3.05) is 13.1 Å². The van der Waals surface area contributed by atoms with Gasteiger partial charge in [-0.25, -0.2) is 4.98 Å². The molecule has 22 heavy (non-hydrogen) atoms. The zero-order valence-corrected chi connectivity index (χ0v) is 12.8. The van der Waals surface area contributed by atoms with Crippen molar-refractivity contribution in [3.63, 3.8) is 0 Å². The highest BCUT2D eigenvalue weighted by atomic mass is 16.5. The lowest BCUT2D eigenvalue weighted by molar-refractivity contribution is 0.0771. The van der Waals surface area contributed by atoms with Crippen LogP contribution in [0.15, 0.2) is 36.8 Å². The Balaban J connectivity index is 1.66. The number of aryl methyl sites for hydroxylation is 2. The summed E-state index contributed by atoms with van der Waals surface area (Å²) in [5, 5.41) is 0. The van der Waals surface area contributed by atoms with E-state index in [0.717, 1.165) is 23.1 Å². The molecule has 0 spiro atoms. The van der Waals surface area contributed by atoms with Crippen LogP contribution in [-0.2, 0) is 0 Å². The number of benzene rings is 1. The molecule has 3 rings (SSSR count). The van der Waals surface area contributed by atoms with Gasteiger partial charge in [0.25, 0.3) is 5.91 Å². The molecule has 0 radical (unpaired) electrons. The molecular weight excluding hydrogens is 278 g/mol. The van der Waals surface area contributed by atoms with Crippen LogP contribution in [0.4, 0.5) is 0 Å². The lowest BCUT2D eigenvalue weighted by Gasteiger charge is -2.17. The van der Waals surface area contributed by atoms with Crippen molar-refractivity contribution < 1.29 is 9.53 Å². The Morgan fingerprint density at radius 3 is 2.68 bits per heavy atom. The van der Waals surface area contributed by atoms with E-state index in [4.69, 9.17) is 4.74 Å². The molecule has 1 fully saturated rings. The van der Waals surface area contributed by atoms with E-state index < -0.39 is 0 Å². The Morgan fingerprint density at radius 1 is 1.23 bits per heavy atom. The SMILES string of the molecule is Cc1cc(C)cc(C(=O)N2CCC(Oc3cnccn3)C2)c1. The van der Waals surface area contributed by atoms with Crippen LogP contribution in [0.5, 0.6) is 5.88 Å². The molecule has 5 heteroatoms. The molecule has 0 bridgehead atoms. The third-order valence-corrected chi connectivity index (χ3v) is 3.73. The second-order valence-electron chi connectivity index (χ2n) is 5.70. The Labute approximate surface area is 130 Å². The molecular formula is C17H19N3O2. The van der Waals surface area contributed by atoms with Crippen molar-refractivity contribution in [2.24, 2.45) is 0 Å². The molecule has 0 N–H and O–H groups in total. The van der Waals surface area contributed by atoms with Crippen LogP contribution in [-0.4, -0.2) is 40.0 Å². The zero-order valence-electron chi connectivity index (χ0n) is 12.8. The number of likely N-dealkylation sites (tertiary alicyclic amines) is 1. The molecule has 1 saturated heterocycles. The summed E-state index contributed by atoms with van der Waals surface area (Å²) in [4.78, 5) is 22.5. The fourth-order valence-electron chi connectivity index (χ4n) is 2.81. The van der Waals surface area contributed by atoms with E-state index in [9.17, 15) is 4.79 Å².